The summed E-state index contributed by atoms with van der Waals surface area (Å²) < 4.78 is 22.0. The monoisotopic (exact) mass is 544 g/mol. The molecule has 1 fully saturated rings. The quantitative estimate of drug-likeness (QED) is 0.338. The zero-order chi connectivity index (χ0) is 27.4. The molecule has 0 spiro atoms. The Hall–Kier alpha value is -3.93. The van der Waals surface area contributed by atoms with E-state index in [-0.39, 0.29) is 29.3 Å². The number of rotatable bonds is 7. The first-order chi connectivity index (χ1) is 18.0. The number of nitrogens with two attached hydrogens (primary N) is 1. The van der Waals surface area contributed by atoms with Crippen LogP contribution in [0.15, 0.2) is 36.9 Å². The zero-order valence-corrected chi connectivity index (χ0v) is 22.1. The predicted octanol–water partition coefficient (Wildman–Crippen LogP) is 4.55. The Bertz CT molecular complexity index is 1330. The Balaban J connectivity index is 1.58. The number of hydrogen-bond acceptors (Lipinski definition) is 8. The van der Waals surface area contributed by atoms with Gasteiger partial charge in [-0.3, -0.25) is 9.78 Å². The Morgan fingerprint density at radius 3 is 2.53 bits per heavy atom. The van der Waals surface area contributed by atoms with E-state index in [0.29, 0.717) is 29.2 Å². The fourth-order valence-electron chi connectivity index (χ4n) is 4.18. The third-order valence-electron chi connectivity index (χ3n) is 5.83. The van der Waals surface area contributed by atoms with Crippen LogP contribution < -0.4 is 21.7 Å². The van der Waals surface area contributed by atoms with Crippen molar-refractivity contribution in [2.45, 2.75) is 64.1 Å². The van der Waals surface area contributed by atoms with Crippen LogP contribution in [0.25, 0.3) is 5.69 Å². The molecule has 1 aliphatic rings. The maximum Gasteiger partial charge on any atom is 0.407 e. The first kappa shape index (κ1) is 27.1. The van der Waals surface area contributed by atoms with E-state index < -0.39 is 23.4 Å². The number of anilines is 3. The minimum atomic E-state index is -0.851. The molecule has 0 saturated heterocycles. The summed E-state index contributed by atoms with van der Waals surface area (Å²) in [7, 11) is 0. The average Bonchev–Trinajstić information content (AvgIpc) is 3.27. The van der Waals surface area contributed by atoms with E-state index in [0.717, 1.165) is 18.9 Å². The maximum absolute atomic E-state index is 15.1. The molecule has 3 aromatic heterocycles. The summed E-state index contributed by atoms with van der Waals surface area (Å²) in [4.78, 5) is 33.0. The lowest BCUT2D eigenvalue weighted by molar-refractivity contribution is 0.0488. The van der Waals surface area contributed by atoms with Gasteiger partial charge in [-0.2, -0.15) is 5.10 Å². The highest BCUT2D eigenvalue weighted by atomic mass is 35.5. The highest BCUT2D eigenvalue weighted by Gasteiger charge is 2.30. The molecule has 2 amide bonds. The lowest BCUT2D eigenvalue weighted by Gasteiger charge is -2.34. The Labute approximate surface area is 224 Å². The van der Waals surface area contributed by atoms with E-state index in [9.17, 15) is 9.59 Å². The Morgan fingerprint density at radius 2 is 1.87 bits per heavy atom. The Kier molecular flexibility index (Phi) is 8.00. The van der Waals surface area contributed by atoms with E-state index in [2.05, 4.69) is 31.0 Å². The zero-order valence-electron chi connectivity index (χ0n) is 21.3. The lowest BCUT2D eigenvalue weighted by Crippen LogP contribution is -2.50. The smallest absolute Gasteiger partial charge is 0.407 e. The lowest BCUT2D eigenvalue weighted by atomic mass is 9.90. The van der Waals surface area contributed by atoms with Gasteiger partial charge in [-0.1, -0.05) is 24.4 Å². The average molecular weight is 545 g/mol. The highest BCUT2D eigenvalue weighted by molar-refractivity contribution is 6.30. The van der Waals surface area contributed by atoms with Crippen LogP contribution in [-0.4, -0.2) is 49.4 Å². The van der Waals surface area contributed by atoms with Crippen LogP contribution in [0.4, 0.5) is 26.5 Å². The molecule has 4 rings (SSSR count). The normalized spacial score (nSPS) is 17.5. The minimum absolute atomic E-state index is 0.0475. The Morgan fingerprint density at radius 1 is 1.13 bits per heavy atom. The summed E-state index contributed by atoms with van der Waals surface area (Å²) in [5, 5.41) is 13.6. The van der Waals surface area contributed by atoms with E-state index in [1.54, 1.807) is 39.2 Å². The molecule has 3 aromatic rings. The molecule has 0 radical (unpaired) electrons. The van der Waals surface area contributed by atoms with Crippen LogP contribution in [-0.2, 0) is 4.74 Å². The van der Waals surface area contributed by atoms with E-state index in [1.165, 1.54) is 17.1 Å². The summed E-state index contributed by atoms with van der Waals surface area (Å²) in [5.74, 6) is -1.63. The number of primary amides is 1. The number of ether oxygens (including phenoxy) is 1. The van der Waals surface area contributed by atoms with Crippen molar-refractivity contribution in [3.8, 4) is 5.69 Å². The van der Waals surface area contributed by atoms with Crippen molar-refractivity contribution in [1.29, 1.82) is 0 Å². The molecule has 0 bridgehead atoms. The number of hydrogen-bond donors (Lipinski definition) is 4. The van der Waals surface area contributed by atoms with E-state index in [4.69, 9.17) is 22.1 Å². The first-order valence-corrected chi connectivity index (χ1v) is 12.6. The second-order valence-corrected chi connectivity index (χ2v) is 10.5. The summed E-state index contributed by atoms with van der Waals surface area (Å²) in [6.07, 6.45) is 8.83. The fraction of sp³-hybridized carbons (Fsp3) is 0.400. The number of halogens is 2. The van der Waals surface area contributed by atoms with Gasteiger partial charge in [-0.05, 0) is 45.7 Å². The summed E-state index contributed by atoms with van der Waals surface area (Å²) in [6.45, 7) is 5.35. The second-order valence-electron chi connectivity index (χ2n) is 10.0. The van der Waals surface area contributed by atoms with Crippen molar-refractivity contribution >= 4 is 40.9 Å². The van der Waals surface area contributed by atoms with Crippen molar-refractivity contribution in [1.82, 2.24) is 25.1 Å². The van der Waals surface area contributed by atoms with Crippen LogP contribution in [0.2, 0.25) is 5.02 Å². The molecule has 202 valence electrons. The number of carbonyl (C=O) groups excluding carboxylic acids is 2. The van der Waals surface area contributed by atoms with Crippen molar-refractivity contribution in [2.24, 2.45) is 5.73 Å². The van der Waals surface area contributed by atoms with Crippen LogP contribution >= 0.6 is 11.6 Å². The molecule has 2 atom stereocenters. The van der Waals surface area contributed by atoms with Gasteiger partial charge in [0.2, 0.25) is 0 Å². The van der Waals surface area contributed by atoms with Gasteiger partial charge in [0.1, 0.15) is 11.4 Å². The van der Waals surface area contributed by atoms with Gasteiger partial charge in [0.15, 0.2) is 11.6 Å². The molecule has 3 heterocycles. The molecule has 5 N–H and O–H groups in total. The number of amides is 2. The number of aromatic nitrogens is 4. The minimum Gasteiger partial charge on any atom is -0.444 e. The topological polar surface area (TPSA) is 149 Å². The molecular weight excluding hydrogens is 515 g/mol. The van der Waals surface area contributed by atoms with Gasteiger partial charge >= 0.3 is 6.09 Å². The third-order valence-corrected chi connectivity index (χ3v) is 6.03. The first-order valence-electron chi connectivity index (χ1n) is 12.2. The number of nitrogens with zero attached hydrogens (tertiary/aromatic N) is 4. The molecule has 1 saturated carbocycles. The van der Waals surface area contributed by atoms with Crippen LogP contribution in [0.3, 0.4) is 0 Å². The van der Waals surface area contributed by atoms with Crippen LogP contribution in [0.1, 0.15) is 56.8 Å². The van der Waals surface area contributed by atoms with Crippen LogP contribution in [0, 0.1) is 5.82 Å². The fourth-order valence-corrected chi connectivity index (χ4v) is 4.32. The predicted molar refractivity (Wildman–Crippen MR) is 141 cm³/mol. The molecule has 1 aliphatic carbocycles. The number of carbonyl (C=O) groups is 2. The SMILES string of the molecule is CC(C)(C)OC(=O)N[C@H]1CCCC[C@H]1Nc1nc(Nc2cncc(-n3cc(Cl)cn3)c2)c(C(N)=O)cc1F. The van der Waals surface area contributed by atoms with Crippen molar-refractivity contribution in [2.75, 3.05) is 10.6 Å². The van der Waals surface area contributed by atoms with Gasteiger partial charge in [-0.25, -0.2) is 18.9 Å². The maximum atomic E-state index is 15.1. The van der Waals surface area contributed by atoms with Gasteiger partial charge < -0.3 is 26.4 Å². The molecule has 13 heteroatoms. The highest BCUT2D eigenvalue weighted by Crippen LogP contribution is 2.28. The van der Waals surface area contributed by atoms with Gasteiger partial charge in [0.05, 0.1) is 46.6 Å². The summed E-state index contributed by atoms with van der Waals surface area (Å²) in [6, 6.07) is 2.14. The number of nitrogens with one attached hydrogen (secondary N) is 3. The van der Waals surface area contributed by atoms with Crippen molar-refractivity contribution in [3.63, 3.8) is 0 Å². The second kappa shape index (κ2) is 11.2. The van der Waals surface area contributed by atoms with Crippen molar-refractivity contribution < 1.29 is 18.7 Å². The largest absolute Gasteiger partial charge is 0.444 e. The molecular formula is C25H30ClFN8O3. The standard InChI is InChI=1S/C25H30ClFN8O3/c1-25(2,3)38-24(37)33-20-7-5-4-6-19(20)32-23-18(27)9-17(21(28)36)22(34-23)31-15-8-16(12-29-11-15)35-13-14(26)10-30-35/h8-13,19-20H,4-7H2,1-3H3,(H2,28,36)(H,33,37)(H2,31,32,34)/t19-,20+/m1/s1. The number of alkyl carbamates (subject to hydrolysis) is 1. The molecule has 0 unspecified atom stereocenters. The molecule has 0 aliphatic heterocycles. The number of pyridine rings is 2. The molecule has 11 nitrogen and oxygen atoms in total. The summed E-state index contributed by atoms with van der Waals surface area (Å²) >= 11 is 5.96. The van der Waals surface area contributed by atoms with Crippen molar-refractivity contribution in [3.05, 3.63) is 53.3 Å². The third kappa shape index (κ3) is 6.88. The molecule has 0 aromatic carbocycles. The summed E-state index contributed by atoms with van der Waals surface area (Å²) in [5.41, 5.74) is 5.80. The molecule has 38 heavy (non-hydrogen) atoms. The van der Waals surface area contributed by atoms with Gasteiger partial charge in [0, 0.05) is 12.2 Å². The van der Waals surface area contributed by atoms with Gasteiger partial charge in [0.25, 0.3) is 5.91 Å². The van der Waals surface area contributed by atoms with E-state index >= 15 is 4.39 Å². The van der Waals surface area contributed by atoms with Gasteiger partial charge in [-0.15, -0.1) is 0 Å². The van der Waals surface area contributed by atoms with E-state index in [1.807, 2.05) is 0 Å². The van der Waals surface area contributed by atoms with Crippen LogP contribution in [0.5, 0.6) is 0 Å².